The Morgan fingerprint density at radius 2 is 0.697 bits per heavy atom. The Morgan fingerprint density at radius 3 is 0.951 bits per heavy atom. The van der Waals surface area contributed by atoms with Gasteiger partial charge < -0.3 is 70.1 Å². The lowest BCUT2D eigenvalue weighted by molar-refractivity contribution is -0.147. The fourth-order valence-electron chi connectivity index (χ4n) is 16.8. The Labute approximate surface area is 849 Å². The van der Waals surface area contributed by atoms with Gasteiger partial charge in [-0.1, -0.05) is 79.3 Å². The van der Waals surface area contributed by atoms with Crippen LogP contribution >= 0.6 is 100 Å². The summed E-state index contributed by atoms with van der Waals surface area (Å²) in [4.78, 5) is 117. The number of aliphatic carboxylic acids is 2. The zero-order valence-electron chi connectivity index (χ0n) is 75.9. The molecule has 0 bridgehead atoms. The number of halogens is 14. The van der Waals surface area contributed by atoms with Gasteiger partial charge in [0.25, 0.3) is 11.8 Å². The van der Waals surface area contributed by atoms with E-state index >= 15 is 0 Å². The van der Waals surface area contributed by atoms with Gasteiger partial charge in [-0.3, -0.25) is 39.6 Å². The summed E-state index contributed by atoms with van der Waals surface area (Å²) in [6, 6.07) is 12.0. The van der Waals surface area contributed by atoms with E-state index in [1.165, 1.54) is 110 Å². The molecule has 32 nitrogen and oxygen atoms in total. The van der Waals surface area contributed by atoms with Gasteiger partial charge >= 0.3 is 35.8 Å². The number of nitrogens with zero attached hydrogens (tertiary/aromatic N) is 12. The minimum atomic E-state index is -3.08. The van der Waals surface area contributed by atoms with E-state index < -0.39 is 171 Å². The topological polar surface area (TPSA) is 401 Å². The molecule has 16 rings (SSSR count). The van der Waals surface area contributed by atoms with E-state index in [1.54, 1.807) is 89.9 Å². The number of carbonyl (C=O) groups is 6. The lowest BCUT2D eigenvalue weighted by Gasteiger charge is -2.37. The summed E-state index contributed by atoms with van der Waals surface area (Å²) in [5, 5.41) is 59.7. The second-order valence-electron chi connectivity index (χ2n) is 33.0. The summed E-state index contributed by atoms with van der Waals surface area (Å²) in [6.07, 6.45) is -0.841. The van der Waals surface area contributed by atoms with Crippen LogP contribution in [0, 0.1) is 23.3 Å². The maximum Gasteiger partial charge on any atom is 0.338 e. The van der Waals surface area contributed by atoms with Crippen LogP contribution in [0.3, 0.4) is 0 Å². The Kier molecular flexibility index (Phi) is 38.3. The van der Waals surface area contributed by atoms with Crippen LogP contribution in [-0.4, -0.2) is 286 Å². The van der Waals surface area contributed by atoms with E-state index in [9.17, 15) is 82.9 Å². The van der Waals surface area contributed by atoms with Gasteiger partial charge in [0.05, 0.1) is 86.2 Å². The first-order chi connectivity index (χ1) is 67.8. The Balaban J connectivity index is 0.000000159. The molecule has 10 atom stereocenters. The van der Waals surface area contributed by atoms with Crippen molar-refractivity contribution < 1.29 is 122 Å². The maximum atomic E-state index is 14.6. The fraction of sp³-hybridized carbons (Fsp3) is 0.413. The van der Waals surface area contributed by atoms with Gasteiger partial charge in [-0.05, 0) is 87.4 Å². The number of nitrogens with one attached hydrogen (secondary N) is 4. The second kappa shape index (κ2) is 49.9. The van der Waals surface area contributed by atoms with Gasteiger partial charge in [0.1, 0.15) is 73.0 Å². The largest absolute Gasteiger partial charge is 0.480 e. The first kappa shape index (κ1) is 109. The van der Waals surface area contributed by atoms with Crippen molar-refractivity contribution in [2.75, 3.05) is 118 Å². The molecule has 8 N–H and O–H groups in total. The summed E-state index contributed by atoms with van der Waals surface area (Å²) in [6.45, 7) is 5.49. The highest BCUT2D eigenvalue weighted by molar-refractivity contribution is 9.10. The number of carbonyl (C=O) groups excluding carboxylic acids is 4. The van der Waals surface area contributed by atoms with Crippen molar-refractivity contribution in [3.05, 3.63) is 249 Å². The Morgan fingerprint density at radius 1 is 0.423 bits per heavy atom. The molecule has 4 fully saturated rings. The molecule has 8 aromatic rings. The number of β-amino-alcohol motifs (C(OH)–C–C–N with tert-alkyl or cyclic N) is 2. The summed E-state index contributed by atoms with van der Waals surface area (Å²) < 4.78 is 174. The number of aromatic nitrogens is 4. The number of aliphatic hydroxyl groups is 2. The SMILES string of the molecule is CCOC(=O)C1=C(CN2CC(F)CC(OCC(=O)O)C2)NC(c2nccs2)=NC1c1ccc(F)cc1Br.CCOC(=O)C1=C(CN2CC(F)CC(OCC(=O)O)C2)NC(c2nccs2)=NC1c1ccc(F)cc1Cl.CCOC(=O)C1=C(CN2CC(O)CC(F)(F)C2)NC(c2nccs2)=NC1c1ccc(F)cc1Br.CCOC(=O)C1=C(CN2CC(O)CC(F)(F)C2)NC(c2nccs2)=NC1c1ccc(F)cc1Cl. The average molecular weight is 2230 g/mol. The molecule has 760 valence electrons. The molecule has 50 heteroatoms. The molecule has 0 amide bonds. The van der Waals surface area contributed by atoms with Crippen LogP contribution in [-0.2, 0) is 57.2 Å². The van der Waals surface area contributed by atoms with Crippen molar-refractivity contribution in [1.82, 2.24) is 60.8 Å². The summed E-state index contributed by atoms with van der Waals surface area (Å²) in [5.41, 5.74) is 3.76. The first-order valence-electron chi connectivity index (χ1n) is 44.2. The van der Waals surface area contributed by atoms with Gasteiger partial charge in [0, 0.05) is 190 Å². The molecule has 8 aliphatic heterocycles. The third-order valence-electron chi connectivity index (χ3n) is 22.3. The first-order valence-corrected chi connectivity index (χ1v) is 50.0. The molecule has 4 aromatic heterocycles. The normalized spacial score (nSPS) is 22.6. The van der Waals surface area contributed by atoms with E-state index in [1.807, 2.05) is 0 Å². The number of aliphatic hydroxyl groups excluding tert-OH is 2. The number of benzene rings is 4. The van der Waals surface area contributed by atoms with Gasteiger partial charge in [-0.15, -0.1) is 45.3 Å². The zero-order chi connectivity index (χ0) is 102. The number of alkyl halides is 6. The number of hydrogen-bond acceptors (Lipinski definition) is 34. The van der Waals surface area contributed by atoms with E-state index in [4.69, 9.17) is 71.8 Å². The zero-order valence-corrected chi connectivity index (χ0v) is 83.8. The standard InChI is InChI=1S/C24H25BrF2N4O5S.C24H25ClF2N4O5S.C22H22BrF3N4O3S.C22H22ClF3N4O3S/c2*1-2-35-24(34)20-18(11-31-9-14(27)7-15(10-31)36-12-19(32)33)29-22(23-28-5-6-37-23)30-21(20)16-4-3-13(26)8-17(16)25;2*1-2-33-21(32)17-16(10-30-9-13(31)8-22(25,26)11-30)28-19(20-27-5-6-34-20)29-18(17)14-4-3-12(24)7-15(14)23/h2*3-6,8,14-15,21H,2,7,9-12H2,1H3,(H,29,30)(H,32,33);2*3-7,13,18,31H,2,8-11H2,1H3,(H,28,29). The van der Waals surface area contributed by atoms with Gasteiger partial charge in [-0.25, -0.2) is 92.6 Å². The molecular formula is C92H94Br2Cl2F10N16O16S4. The minimum absolute atomic E-state index is 0.00255. The minimum Gasteiger partial charge on any atom is -0.480 e. The molecule has 0 aliphatic carbocycles. The molecule has 0 radical (unpaired) electrons. The number of piperidine rings is 4. The number of amidine groups is 4. The van der Waals surface area contributed by atoms with Crippen molar-refractivity contribution in [3.8, 4) is 0 Å². The molecule has 0 spiro atoms. The average Bonchev–Trinajstić information content (AvgIpc) is 1.19. The highest BCUT2D eigenvalue weighted by Gasteiger charge is 2.46. The van der Waals surface area contributed by atoms with Crippen LogP contribution in [0.15, 0.2) is 193 Å². The van der Waals surface area contributed by atoms with Crippen LogP contribution < -0.4 is 21.3 Å². The van der Waals surface area contributed by atoms with Crippen molar-refractivity contribution in [2.45, 2.75) is 126 Å². The monoisotopic (exact) mass is 2220 g/mol. The van der Waals surface area contributed by atoms with Crippen molar-refractivity contribution >= 4 is 160 Å². The van der Waals surface area contributed by atoms with Crippen LogP contribution in [0.5, 0.6) is 0 Å². The molecular weight excluding hydrogens is 2130 g/mol. The van der Waals surface area contributed by atoms with Gasteiger partial charge in [0.2, 0.25) is 0 Å². The number of hydrogen-bond donors (Lipinski definition) is 8. The number of ether oxygens (including phenoxy) is 6. The molecule has 4 saturated heterocycles. The highest BCUT2D eigenvalue weighted by Crippen LogP contribution is 2.44. The summed E-state index contributed by atoms with van der Waals surface area (Å²) in [5.74, 6) is -11.6. The number of thiazole rings is 4. The van der Waals surface area contributed by atoms with Crippen LogP contribution in [0.2, 0.25) is 10.0 Å². The predicted molar refractivity (Wildman–Crippen MR) is 514 cm³/mol. The molecule has 0 saturated carbocycles. The quantitative estimate of drug-likeness (QED) is 0.0118. The smallest absolute Gasteiger partial charge is 0.338 e. The lowest BCUT2D eigenvalue weighted by Crippen LogP contribution is -2.51. The van der Waals surface area contributed by atoms with Gasteiger partial charge in [-0.2, -0.15) is 0 Å². The molecule has 142 heavy (non-hydrogen) atoms. The third kappa shape index (κ3) is 29.0. The van der Waals surface area contributed by atoms with Crippen LogP contribution in [0.4, 0.5) is 43.9 Å². The molecule has 4 aromatic carbocycles. The molecule has 12 heterocycles. The van der Waals surface area contributed by atoms with E-state index in [0.29, 0.717) is 91.7 Å². The maximum absolute atomic E-state index is 14.6. The van der Waals surface area contributed by atoms with Gasteiger partial charge in [0.15, 0.2) is 43.4 Å². The Hall–Kier alpha value is -10.4. The number of esters is 4. The van der Waals surface area contributed by atoms with Crippen molar-refractivity contribution in [2.24, 2.45) is 20.0 Å². The van der Waals surface area contributed by atoms with E-state index in [-0.39, 0.29) is 143 Å². The lowest BCUT2D eigenvalue weighted by atomic mass is 9.94. The van der Waals surface area contributed by atoms with Crippen LogP contribution in [0.25, 0.3) is 0 Å². The van der Waals surface area contributed by atoms with E-state index in [0.717, 1.165) is 12.1 Å². The second-order valence-corrected chi connectivity index (χ2v) is 39.1. The fourth-order valence-corrected chi connectivity index (χ4v) is 20.8. The number of aliphatic imine (C=N–C) groups is 4. The summed E-state index contributed by atoms with van der Waals surface area (Å²) >= 11 is 24.7. The number of carboxylic acids is 2. The third-order valence-corrected chi connectivity index (χ3v) is 27.4. The molecule has 10 unspecified atom stereocenters. The molecule has 8 aliphatic rings. The Bertz CT molecular complexity index is 5760. The van der Waals surface area contributed by atoms with Crippen molar-refractivity contribution in [1.29, 1.82) is 0 Å². The van der Waals surface area contributed by atoms with E-state index in [2.05, 4.69) is 83.0 Å². The summed E-state index contributed by atoms with van der Waals surface area (Å²) in [7, 11) is 0. The highest BCUT2D eigenvalue weighted by atomic mass is 79.9. The van der Waals surface area contributed by atoms with Crippen LogP contribution in [0.1, 0.15) is 120 Å². The predicted octanol–water partition coefficient (Wildman–Crippen LogP) is 14.0. The number of rotatable bonds is 30. The number of likely N-dealkylation sites (tertiary alicyclic amines) is 4. The van der Waals surface area contributed by atoms with Crippen molar-refractivity contribution in [3.63, 3.8) is 0 Å². The number of carboxylic acid groups (broad SMARTS) is 2.